The Labute approximate surface area is 112 Å². The Kier molecular flexibility index (Phi) is 6.21. The van der Waals surface area contributed by atoms with Gasteiger partial charge in [0.2, 0.25) is 0 Å². The molecule has 2 fully saturated rings. The first-order chi connectivity index (χ1) is 8.40. The third-order valence-corrected chi connectivity index (χ3v) is 6.04. The molecule has 2 aliphatic rings. The summed E-state index contributed by atoms with van der Waals surface area (Å²) in [5.41, 5.74) is 0. The molecule has 0 aliphatic heterocycles. The Balaban J connectivity index is 1.71. The van der Waals surface area contributed by atoms with Gasteiger partial charge in [0.05, 0.1) is 0 Å². The summed E-state index contributed by atoms with van der Waals surface area (Å²) in [6, 6.07) is 0.815. The minimum Gasteiger partial charge on any atom is -0.313 e. The second-order valence-corrected chi connectivity index (χ2v) is 7.14. The van der Waals surface area contributed by atoms with E-state index in [0.29, 0.717) is 0 Å². The predicted molar refractivity (Wildman–Crippen MR) is 78.8 cm³/mol. The second kappa shape index (κ2) is 7.68. The fourth-order valence-electron chi connectivity index (χ4n) is 3.30. The van der Waals surface area contributed by atoms with Crippen LogP contribution in [0.2, 0.25) is 0 Å². The van der Waals surface area contributed by atoms with Crippen LogP contribution in [0.15, 0.2) is 0 Å². The van der Waals surface area contributed by atoms with Gasteiger partial charge in [-0.2, -0.15) is 11.8 Å². The van der Waals surface area contributed by atoms with E-state index in [-0.39, 0.29) is 0 Å². The number of hydrogen-bond acceptors (Lipinski definition) is 2. The highest BCUT2D eigenvalue weighted by Crippen LogP contribution is 2.34. The van der Waals surface area contributed by atoms with E-state index < -0.39 is 0 Å². The van der Waals surface area contributed by atoms with Crippen molar-refractivity contribution in [3.05, 3.63) is 0 Å². The maximum Gasteiger partial charge on any atom is 0.0201 e. The molecule has 2 saturated carbocycles. The average molecular weight is 255 g/mol. The summed E-state index contributed by atoms with van der Waals surface area (Å²) in [6.07, 6.45) is 13.1. The monoisotopic (exact) mass is 255 g/mol. The Hall–Kier alpha value is 0.310. The molecule has 0 saturated heterocycles. The van der Waals surface area contributed by atoms with Gasteiger partial charge in [-0.1, -0.05) is 32.6 Å². The zero-order chi connectivity index (χ0) is 11.9. The van der Waals surface area contributed by atoms with Gasteiger partial charge < -0.3 is 5.32 Å². The lowest BCUT2D eigenvalue weighted by atomic mass is 9.95. The van der Waals surface area contributed by atoms with Crippen LogP contribution in [0, 0.1) is 5.92 Å². The molecule has 100 valence electrons. The molecule has 2 unspecified atom stereocenters. The highest BCUT2D eigenvalue weighted by atomic mass is 32.2. The van der Waals surface area contributed by atoms with E-state index in [1.807, 2.05) is 0 Å². The lowest BCUT2D eigenvalue weighted by molar-refractivity contribution is 0.384. The van der Waals surface area contributed by atoms with Crippen LogP contribution in [0.25, 0.3) is 0 Å². The fraction of sp³-hybridized carbons (Fsp3) is 1.00. The van der Waals surface area contributed by atoms with Crippen molar-refractivity contribution in [1.29, 1.82) is 0 Å². The van der Waals surface area contributed by atoms with Crippen molar-refractivity contribution < 1.29 is 0 Å². The van der Waals surface area contributed by atoms with E-state index in [2.05, 4.69) is 24.0 Å². The zero-order valence-electron chi connectivity index (χ0n) is 11.4. The molecule has 1 nitrogen and oxygen atoms in total. The van der Waals surface area contributed by atoms with Gasteiger partial charge in [0.1, 0.15) is 0 Å². The number of thioether (sulfide) groups is 1. The second-order valence-electron chi connectivity index (χ2n) is 5.87. The minimum atomic E-state index is 0.815. The lowest BCUT2D eigenvalue weighted by Gasteiger charge is -2.32. The molecule has 2 aliphatic carbocycles. The molecular formula is C15H29NS. The van der Waals surface area contributed by atoms with Crippen LogP contribution in [0.5, 0.6) is 0 Å². The van der Waals surface area contributed by atoms with Gasteiger partial charge >= 0.3 is 0 Å². The summed E-state index contributed by atoms with van der Waals surface area (Å²) in [4.78, 5) is 0. The molecule has 17 heavy (non-hydrogen) atoms. The van der Waals surface area contributed by atoms with Crippen molar-refractivity contribution in [1.82, 2.24) is 5.32 Å². The molecule has 0 heterocycles. The van der Waals surface area contributed by atoms with Crippen LogP contribution >= 0.6 is 11.8 Å². The molecule has 0 radical (unpaired) electrons. The summed E-state index contributed by atoms with van der Waals surface area (Å²) in [5, 5.41) is 4.69. The topological polar surface area (TPSA) is 12.0 Å². The Morgan fingerprint density at radius 1 is 1.00 bits per heavy atom. The van der Waals surface area contributed by atoms with E-state index >= 15 is 0 Å². The van der Waals surface area contributed by atoms with Crippen molar-refractivity contribution >= 4 is 11.8 Å². The van der Waals surface area contributed by atoms with Gasteiger partial charge in [-0.25, -0.2) is 0 Å². The Bertz CT molecular complexity index is 201. The summed E-state index contributed by atoms with van der Waals surface area (Å²) in [7, 11) is 0. The number of rotatable bonds is 6. The van der Waals surface area contributed by atoms with Crippen LogP contribution < -0.4 is 5.32 Å². The van der Waals surface area contributed by atoms with Gasteiger partial charge in [0.15, 0.2) is 0 Å². The highest BCUT2D eigenvalue weighted by molar-refractivity contribution is 7.99. The molecule has 2 atom stereocenters. The van der Waals surface area contributed by atoms with Crippen LogP contribution in [0.3, 0.4) is 0 Å². The van der Waals surface area contributed by atoms with Crippen molar-refractivity contribution in [2.24, 2.45) is 5.92 Å². The summed E-state index contributed by atoms with van der Waals surface area (Å²) in [6.45, 7) is 3.49. The van der Waals surface area contributed by atoms with Gasteiger partial charge in [0.25, 0.3) is 0 Å². The first-order valence-electron chi connectivity index (χ1n) is 7.75. The molecule has 1 N–H and O–H groups in total. The minimum absolute atomic E-state index is 0.815. The van der Waals surface area contributed by atoms with E-state index in [1.165, 1.54) is 70.1 Å². The van der Waals surface area contributed by atoms with Crippen LogP contribution in [-0.4, -0.2) is 23.6 Å². The van der Waals surface area contributed by atoms with E-state index in [1.54, 1.807) is 0 Å². The third-order valence-electron chi connectivity index (χ3n) is 4.38. The zero-order valence-corrected chi connectivity index (χ0v) is 12.2. The molecule has 0 aromatic carbocycles. The van der Waals surface area contributed by atoms with Gasteiger partial charge in [-0.3, -0.25) is 0 Å². The maximum absolute atomic E-state index is 3.78. The molecule has 0 aromatic rings. The molecule has 0 spiro atoms. The predicted octanol–water partition coefficient (Wildman–Crippen LogP) is 4.22. The van der Waals surface area contributed by atoms with E-state index in [0.717, 1.165) is 17.2 Å². The molecule has 2 rings (SSSR count). The first kappa shape index (κ1) is 13.7. The smallest absolute Gasteiger partial charge is 0.0201 e. The van der Waals surface area contributed by atoms with Gasteiger partial charge in [-0.05, 0) is 50.3 Å². The van der Waals surface area contributed by atoms with Crippen molar-refractivity contribution in [3.63, 3.8) is 0 Å². The quantitative estimate of drug-likeness (QED) is 0.762. The average Bonchev–Trinajstić information content (AvgIpc) is 2.88. The standard InChI is InChI=1S/C15H29NS/c1-2-11-16-14-9-5-6-10-15(14)17-12-13-7-3-4-8-13/h13-16H,2-12H2,1H3. The number of nitrogens with one attached hydrogen (secondary N) is 1. The van der Waals surface area contributed by atoms with Crippen molar-refractivity contribution in [3.8, 4) is 0 Å². The molecular weight excluding hydrogens is 226 g/mol. The molecule has 0 aromatic heterocycles. The van der Waals surface area contributed by atoms with Crippen molar-refractivity contribution in [2.75, 3.05) is 12.3 Å². The largest absolute Gasteiger partial charge is 0.313 e. The fourth-order valence-corrected chi connectivity index (χ4v) is 4.95. The van der Waals surface area contributed by atoms with E-state index in [9.17, 15) is 0 Å². The summed E-state index contributed by atoms with van der Waals surface area (Å²) < 4.78 is 0. The van der Waals surface area contributed by atoms with Gasteiger partial charge in [0, 0.05) is 11.3 Å². The SMILES string of the molecule is CCCNC1CCCCC1SCC1CCCC1. The van der Waals surface area contributed by atoms with E-state index in [4.69, 9.17) is 0 Å². The highest BCUT2D eigenvalue weighted by Gasteiger charge is 2.26. The molecule has 0 amide bonds. The van der Waals surface area contributed by atoms with Crippen LogP contribution in [0.1, 0.15) is 64.7 Å². The van der Waals surface area contributed by atoms with Crippen LogP contribution in [0.4, 0.5) is 0 Å². The first-order valence-corrected chi connectivity index (χ1v) is 8.80. The summed E-state index contributed by atoms with van der Waals surface area (Å²) in [5.74, 6) is 2.49. The lowest BCUT2D eigenvalue weighted by Crippen LogP contribution is -2.41. The molecule has 0 bridgehead atoms. The normalized spacial score (nSPS) is 30.9. The summed E-state index contributed by atoms with van der Waals surface area (Å²) >= 11 is 2.29. The maximum atomic E-state index is 3.78. The van der Waals surface area contributed by atoms with Crippen LogP contribution in [-0.2, 0) is 0 Å². The third kappa shape index (κ3) is 4.48. The molecule has 2 heteroatoms. The Morgan fingerprint density at radius 3 is 2.47 bits per heavy atom. The Morgan fingerprint density at radius 2 is 1.71 bits per heavy atom. The van der Waals surface area contributed by atoms with Gasteiger partial charge in [-0.15, -0.1) is 0 Å². The van der Waals surface area contributed by atoms with Crippen molar-refractivity contribution in [2.45, 2.75) is 76.0 Å². The number of hydrogen-bond donors (Lipinski definition) is 1.